The minimum Gasteiger partial charge on any atom is -0.484 e. The molecular formula is C32H46N4O8. The number of nitrogens with zero attached hydrogens (tertiary/aromatic N) is 2. The van der Waals surface area contributed by atoms with Gasteiger partial charge in [-0.3, -0.25) is 19.2 Å². The van der Waals surface area contributed by atoms with Crippen LogP contribution in [0.4, 0.5) is 0 Å². The van der Waals surface area contributed by atoms with Crippen molar-refractivity contribution in [2.45, 2.75) is 65.7 Å². The summed E-state index contributed by atoms with van der Waals surface area (Å²) in [7, 11) is 1.56. The molecule has 2 aliphatic rings. The molecule has 1 aromatic carbocycles. The molecule has 242 valence electrons. The lowest BCUT2D eigenvalue weighted by atomic mass is 9.78. The van der Waals surface area contributed by atoms with Crippen molar-refractivity contribution in [2.24, 2.45) is 5.41 Å². The van der Waals surface area contributed by atoms with Crippen molar-refractivity contribution in [3.05, 3.63) is 46.8 Å². The number of aryl methyl sites for hydroxylation is 2. The van der Waals surface area contributed by atoms with Crippen LogP contribution in [0.3, 0.4) is 0 Å². The van der Waals surface area contributed by atoms with Crippen molar-refractivity contribution in [3.63, 3.8) is 0 Å². The molecule has 2 N–H and O–H groups in total. The van der Waals surface area contributed by atoms with Crippen LogP contribution < -0.4 is 15.4 Å². The van der Waals surface area contributed by atoms with Gasteiger partial charge < -0.3 is 34.3 Å². The summed E-state index contributed by atoms with van der Waals surface area (Å²) in [6.45, 7) is 7.04. The molecule has 1 atom stereocenters. The van der Waals surface area contributed by atoms with Gasteiger partial charge in [-0.1, -0.05) is 17.3 Å². The van der Waals surface area contributed by atoms with Gasteiger partial charge in [0.05, 0.1) is 17.7 Å². The van der Waals surface area contributed by atoms with Crippen molar-refractivity contribution in [1.82, 2.24) is 20.7 Å². The Morgan fingerprint density at radius 1 is 1.07 bits per heavy atom. The third kappa shape index (κ3) is 10.4. The number of esters is 1. The van der Waals surface area contributed by atoms with Gasteiger partial charge in [-0.2, -0.15) is 0 Å². The number of nitrogens with one attached hydrogen (secondary N) is 2. The number of amides is 3. The first-order chi connectivity index (χ1) is 21.2. The Balaban J connectivity index is 1.76. The number of ether oxygens (including phenoxy) is 3. The summed E-state index contributed by atoms with van der Waals surface area (Å²) < 4.78 is 21.7. The van der Waals surface area contributed by atoms with Gasteiger partial charge in [-0.25, -0.2) is 0 Å². The van der Waals surface area contributed by atoms with E-state index in [1.807, 2.05) is 26.0 Å². The van der Waals surface area contributed by atoms with Gasteiger partial charge in [0, 0.05) is 58.3 Å². The molecule has 0 spiro atoms. The molecule has 44 heavy (non-hydrogen) atoms. The van der Waals surface area contributed by atoms with E-state index in [1.165, 1.54) is 0 Å². The lowest BCUT2D eigenvalue weighted by molar-refractivity contribution is -0.156. The Kier molecular flexibility index (Phi) is 13.7. The SMILES string of the molecule is CCOC(=O)C1(CCOC)CNC(=O)CCCN(C(=O)CCc2c(C)noc2C)CCCNC(=O)COc2ccc(cc2)C1. The van der Waals surface area contributed by atoms with E-state index in [2.05, 4.69) is 15.8 Å². The number of rotatable bonds is 8. The van der Waals surface area contributed by atoms with Gasteiger partial charge in [0.2, 0.25) is 11.8 Å². The third-order valence-electron chi connectivity index (χ3n) is 7.83. The van der Waals surface area contributed by atoms with Crippen LogP contribution in [0.2, 0.25) is 0 Å². The summed E-state index contributed by atoms with van der Waals surface area (Å²) in [6.07, 6.45) is 2.59. The Morgan fingerprint density at radius 3 is 2.50 bits per heavy atom. The monoisotopic (exact) mass is 614 g/mol. The second kappa shape index (κ2) is 17.4. The second-order valence-corrected chi connectivity index (χ2v) is 11.1. The zero-order valence-corrected chi connectivity index (χ0v) is 26.4. The fourth-order valence-electron chi connectivity index (χ4n) is 5.26. The smallest absolute Gasteiger partial charge is 0.314 e. The van der Waals surface area contributed by atoms with E-state index in [-0.39, 0.29) is 50.3 Å². The maximum absolute atomic E-state index is 13.3. The Hall–Kier alpha value is -3.93. The Morgan fingerprint density at radius 2 is 1.82 bits per heavy atom. The van der Waals surface area contributed by atoms with Gasteiger partial charge in [0.1, 0.15) is 11.5 Å². The lowest BCUT2D eigenvalue weighted by Gasteiger charge is -2.32. The fraction of sp³-hybridized carbons (Fsp3) is 0.594. The molecule has 3 heterocycles. The molecular weight excluding hydrogens is 568 g/mol. The molecule has 2 aliphatic heterocycles. The van der Waals surface area contributed by atoms with E-state index in [0.717, 1.165) is 16.8 Å². The molecule has 4 rings (SSSR count). The average molecular weight is 615 g/mol. The van der Waals surface area contributed by atoms with Crippen molar-refractivity contribution in [2.75, 3.05) is 53.1 Å². The number of fused-ring (bicyclic) bond motifs is 17. The predicted octanol–water partition coefficient (Wildman–Crippen LogP) is 2.68. The first kappa shape index (κ1) is 34.6. The zero-order chi connectivity index (χ0) is 32.0. The van der Waals surface area contributed by atoms with Gasteiger partial charge in [0.25, 0.3) is 5.91 Å². The normalized spacial score (nSPS) is 19.0. The van der Waals surface area contributed by atoms with E-state index in [1.54, 1.807) is 31.1 Å². The van der Waals surface area contributed by atoms with Crippen LogP contribution in [-0.4, -0.2) is 86.9 Å². The topological polar surface area (TPSA) is 149 Å². The van der Waals surface area contributed by atoms with Crippen LogP contribution in [0.5, 0.6) is 5.75 Å². The number of hydrogen-bond acceptors (Lipinski definition) is 9. The number of benzene rings is 1. The Labute approximate surface area is 259 Å². The summed E-state index contributed by atoms with van der Waals surface area (Å²) in [5.74, 6) is 0.267. The lowest BCUT2D eigenvalue weighted by Crippen LogP contribution is -2.46. The average Bonchev–Trinajstić information content (AvgIpc) is 3.33. The highest BCUT2D eigenvalue weighted by atomic mass is 16.5. The number of aromatic nitrogens is 1. The number of carbonyl (C=O) groups is 4. The van der Waals surface area contributed by atoms with Crippen molar-refractivity contribution < 1.29 is 37.9 Å². The molecule has 1 unspecified atom stereocenters. The largest absolute Gasteiger partial charge is 0.484 e. The van der Waals surface area contributed by atoms with Gasteiger partial charge in [-0.15, -0.1) is 0 Å². The molecule has 2 bridgehead atoms. The maximum Gasteiger partial charge on any atom is 0.314 e. The zero-order valence-electron chi connectivity index (χ0n) is 26.4. The van der Waals surface area contributed by atoms with Crippen molar-refractivity contribution in [1.29, 1.82) is 0 Å². The van der Waals surface area contributed by atoms with E-state index >= 15 is 0 Å². The molecule has 3 amide bonds. The van der Waals surface area contributed by atoms with Gasteiger partial charge in [-0.05, 0) is 70.6 Å². The highest BCUT2D eigenvalue weighted by Gasteiger charge is 2.40. The summed E-state index contributed by atoms with van der Waals surface area (Å²) in [4.78, 5) is 53.7. The van der Waals surface area contributed by atoms with Crippen LogP contribution >= 0.6 is 0 Å². The molecule has 0 saturated heterocycles. The van der Waals surface area contributed by atoms with Crippen LogP contribution in [0, 0.1) is 19.3 Å². The minimum absolute atomic E-state index is 0.0499. The number of methoxy groups -OCH3 is 1. The minimum atomic E-state index is -1.05. The third-order valence-corrected chi connectivity index (χ3v) is 7.83. The van der Waals surface area contributed by atoms with E-state index in [0.29, 0.717) is 69.9 Å². The second-order valence-electron chi connectivity index (χ2n) is 11.1. The van der Waals surface area contributed by atoms with E-state index in [9.17, 15) is 19.2 Å². The number of carbonyl (C=O) groups excluding carboxylic acids is 4. The molecule has 2 aromatic rings. The van der Waals surface area contributed by atoms with Crippen LogP contribution in [0.15, 0.2) is 28.8 Å². The maximum atomic E-state index is 13.3. The Bertz CT molecular complexity index is 1230. The van der Waals surface area contributed by atoms with Gasteiger partial charge >= 0.3 is 5.97 Å². The summed E-state index contributed by atoms with van der Waals surface area (Å²) in [6, 6.07) is 7.17. The van der Waals surface area contributed by atoms with E-state index in [4.69, 9.17) is 18.7 Å². The molecule has 0 radical (unpaired) electrons. The predicted molar refractivity (Wildman–Crippen MR) is 162 cm³/mol. The summed E-state index contributed by atoms with van der Waals surface area (Å²) >= 11 is 0. The first-order valence-electron chi connectivity index (χ1n) is 15.3. The molecule has 12 heteroatoms. The van der Waals surface area contributed by atoms with Crippen molar-refractivity contribution in [3.8, 4) is 5.75 Å². The molecule has 0 saturated carbocycles. The molecule has 12 nitrogen and oxygen atoms in total. The quantitative estimate of drug-likeness (QED) is 0.428. The first-order valence-corrected chi connectivity index (χ1v) is 15.3. The van der Waals surface area contributed by atoms with Crippen LogP contribution in [0.25, 0.3) is 0 Å². The molecule has 0 aliphatic carbocycles. The van der Waals surface area contributed by atoms with Crippen molar-refractivity contribution >= 4 is 23.7 Å². The highest BCUT2D eigenvalue weighted by Crippen LogP contribution is 2.30. The van der Waals surface area contributed by atoms with Crippen LogP contribution in [-0.2, 0) is 41.5 Å². The summed E-state index contributed by atoms with van der Waals surface area (Å²) in [5, 5.41) is 9.75. The molecule has 0 fully saturated rings. The highest BCUT2D eigenvalue weighted by molar-refractivity contribution is 5.81. The standard InChI is InChI=1S/C32H46N4O8/c1-5-42-31(40)32(15-19-41-4)20-25-9-11-26(12-10-25)43-21-29(38)33-16-7-18-36(17-6-8-28(37)34-22-32)30(39)14-13-27-23(2)35-44-24(27)3/h9-12H,5-8,13-22H2,1-4H3,(H,33,38)(H,34,37). The van der Waals surface area contributed by atoms with E-state index < -0.39 is 11.4 Å². The molecule has 1 aromatic heterocycles. The summed E-state index contributed by atoms with van der Waals surface area (Å²) in [5.41, 5.74) is 1.49. The van der Waals surface area contributed by atoms with Crippen LogP contribution in [0.1, 0.15) is 61.6 Å². The fourth-order valence-corrected chi connectivity index (χ4v) is 5.26. The number of hydrogen-bond donors (Lipinski definition) is 2. The van der Waals surface area contributed by atoms with Gasteiger partial charge in [0.15, 0.2) is 6.61 Å².